The molecule has 5 nitrogen and oxygen atoms in total. The molecule has 1 fully saturated rings. The van der Waals surface area contributed by atoms with Crippen molar-refractivity contribution in [2.75, 3.05) is 25.0 Å². The fraction of sp³-hybridized carbons (Fsp3) is 0.318. The number of thiazole rings is 1. The summed E-state index contributed by atoms with van der Waals surface area (Å²) in [6.45, 7) is 3.52. The first kappa shape index (κ1) is 17.5. The van der Waals surface area contributed by atoms with Gasteiger partial charge < -0.3 is 5.32 Å². The van der Waals surface area contributed by atoms with E-state index in [0.717, 1.165) is 46.1 Å². The molecule has 4 heterocycles. The number of anilines is 2. The molecule has 1 N–H and O–H groups in total. The molecule has 1 aliphatic carbocycles. The number of hydrogen-bond donors (Lipinski definition) is 1. The monoisotopic (exact) mass is 419 g/mol. The summed E-state index contributed by atoms with van der Waals surface area (Å²) in [7, 11) is 0. The van der Waals surface area contributed by atoms with E-state index in [2.05, 4.69) is 55.5 Å². The number of thiophene rings is 1. The van der Waals surface area contributed by atoms with E-state index in [1.165, 1.54) is 41.1 Å². The summed E-state index contributed by atoms with van der Waals surface area (Å²) < 4.78 is 1.20. The molecule has 1 aliphatic heterocycles. The van der Waals surface area contributed by atoms with E-state index in [0.29, 0.717) is 0 Å². The molecule has 29 heavy (non-hydrogen) atoms. The van der Waals surface area contributed by atoms with Crippen LogP contribution in [0.2, 0.25) is 0 Å². The predicted molar refractivity (Wildman–Crippen MR) is 122 cm³/mol. The summed E-state index contributed by atoms with van der Waals surface area (Å²) in [5.74, 6) is 1.82. The first-order chi connectivity index (χ1) is 14.3. The van der Waals surface area contributed by atoms with Crippen molar-refractivity contribution >= 4 is 60.2 Å². The molecule has 3 aromatic heterocycles. The first-order valence-corrected chi connectivity index (χ1v) is 11.8. The number of nitrogens with one attached hydrogen (secondary N) is 1. The van der Waals surface area contributed by atoms with Gasteiger partial charge in [-0.1, -0.05) is 6.08 Å². The summed E-state index contributed by atoms with van der Waals surface area (Å²) >= 11 is 3.43. The molecule has 0 amide bonds. The van der Waals surface area contributed by atoms with Crippen LogP contribution in [0, 0.1) is 5.92 Å². The molecule has 6 rings (SSSR count). The van der Waals surface area contributed by atoms with Gasteiger partial charge >= 0.3 is 0 Å². The lowest BCUT2D eigenvalue weighted by Gasteiger charge is -2.25. The van der Waals surface area contributed by atoms with E-state index < -0.39 is 0 Å². The Morgan fingerprint density at radius 1 is 1.14 bits per heavy atom. The third kappa shape index (κ3) is 3.54. The minimum atomic E-state index is 0.860. The Morgan fingerprint density at radius 3 is 2.97 bits per heavy atom. The van der Waals surface area contributed by atoms with Crippen molar-refractivity contribution in [3.63, 3.8) is 0 Å². The third-order valence-electron chi connectivity index (χ3n) is 5.75. The Bertz CT molecular complexity index is 1220. The summed E-state index contributed by atoms with van der Waals surface area (Å²) in [4.78, 5) is 18.4. The fourth-order valence-corrected chi connectivity index (χ4v) is 5.68. The molecule has 4 aromatic rings. The zero-order valence-corrected chi connectivity index (χ0v) is 17.6. The van der Waals surface area contributed by atoms with Crippen molar-refractivity contribution < 1.29 is 0 Å². The Hall–Kier alpha value is -2.35. The Morgan fingerprint density at radius 2 is 2.10 bits per heavy atom. The van der Waals surface area contributed by atoms with E-state index in [4.69, 9.17) is 0 Å². The van der Waals surface area contributed by atoms with Crippen LogP contribution in [0.4, 0.5) is 11.5 Å². The van der Waals surface area contributed by atoms with Crippen molar-refractivity contribution in [2.45, 2.75) is 19.3 Å². The van der Waals surface area contributed by atoms with Crippen LogP contribution >= 0.6 is 22.7 Å². The van der Waals surface area contributed by atoms with E-state index in [1.807, 2.05) is 5.51 Å². The Labute approximate surface area is 177 Å². The maximum Gasteiger partial charge on any atom is 0.142 e. The van der Waals surface area contributed by atoms with E-state index in [9.17, 15) is 0 Å². The van der Waals surface area contributed by atoms with Crippen LogP contribution in [0.15, 0.2) is 42.2 Å². The molecular formula is C22H21N5S2. The predicted octanol–water partition coefficient (Wildman–Crippen LogP) is 5.54. The van der Waals surface area contributed by atoms with Crippen LogP contribution in [-0.2, 0) is 0 Å². The lowest BCUT2D eigenvalue weighted by atomic mass is 10.1. The van der Waals surface area contributed by atoms with Gasteiger partial charge in [0.05, 0.1) is 21.1 Å². The van der Waals surface area contributed by atoms with Gasteiger partial charge in [-0.05, 0) is 55.0 Å². The lowest BCUT2D eigenvalue weighted by Crippen LogP contribution is -2.30. The van der Waals surface area contributed by atoms with Crippen LogP contribution in [-0.4, -0.2) is 39.5 Å². The van der Waals surface area contributed by atoms with Gasteiger partial charge in [0.25, 0.3) is 0 Å². The summed E-state index contributed by atoms with van der Waals surface area (Å²) in [6, 6.07) is 8.52. The van der Waals surface area contributed by atoms with Crippen molar-refractivity contribution in [3.05, 3.63) is 47.1 Å². The van der Waals surface area contributed by atoms with Crippen molar-refractivity contribution in [2.24, 2.45) is 5.92 Å². The van der Waals surface area contributed by atoms with Crippen molar-refractivity contribution in [1.82, 2.24) is 19.9 Å². The van der Waals surface area contributed by atoms with E-state index in [1.54, 1.807) is 29.0 Å². The second-order valence-corrected chi connectivity index (χ2v) is 9.81. The average molecular weight is 420 g/mol. The van der Waals surface area contributed by atoms with E-state index in [-0.39, 0.29) is 0 Å². The highest BCUT2D eigenvalue weighted by Crippen LogP contribution is 2.37. The van der Waals surface area contributed by atoms with Crippen LogP contribution < -0.4 is 5.32 Å². The maximum atomic E-state index is 4.52. The molecule has 1 aromatic carbocycles. The van der Waals surface area contributed by atoms with Gasteiger partial charge in [-0.3, -0.25) is 4.90 Å². The largest absolute Gasteiger partial charge is 0.340 e. The topological polar surface area (TPSA) is 53.9 Å². The number of rotatable bonds is 5. The zero-order chi connectivity index (χ0) is 19.2. The second kappa shape index (κ2) is 7.16. The molecule has 0 radical (unpaired) electrons. The number of fused-ring (bicyclic) bond motifs is 2. The van der Waals surface area contributed by atoms with Gasteiger partial charge in [-0.2, -0.15) is 0 Å². The van der Waals surface area contributed by atoms with Crippen LogP contribution in [0.3, 0.4) is 0 Å². The van der Waals surface area contributed by atoms with Gasteiger partial charge in [0.1, 0.15) is 17.0 Å². The van der Waals surface area contributed by atoms with Crippen LogP contribution in [0.1, 0.15) is 24.1 Å². The average Bonchev–Trinajstić information content (AvgIpc) is 3.26. The zero-order valence-electron chi connectivity index (χ0n) is 16.0. The molecule has 7 heteroatoms. The number of aromatic nitrogens is 3. The minimum absolute atomic E-state index is 0.860. The van der Waals surface area contributed by atoms with Crippen LogP contribution in [0.25, 0.3) is 26.0 Å². The highest BCUT2D eigenvalue weighted by atomic mass is 32.1. The van der Waals surface area contributed by atoms with Gasteiger partial charge in [0, 0.05) is 30.2 Å². The highest BCUT2D eigenvalue weighted by Gasteiger charge is 2.25. The van der Waals surface area contributed by atoms with Crippen molar-refractivity contribution in [1.29, 1.82) is 0 Å². The second-order valence-electron chi connectivity index (χ2n) is 7.89. The Kier molecular flexibility index (Phi) is 4.32. The summed E-state index contributed by atoms with van der Waals surface area (Å²) in [5.41, 5.74) is 5.35. The van der Waals surface area contributed by atoms with Gasteiger partial charge in [-0.15, -0.1) is 22.7 Å². The highest BCUT2D eigenvalue weighted by molar-refractivity contribution is 7.19. The van der Waals surface area contributed by atoms with Gasteiger partial charge in [0.15, 0.2) is 0 Å². The molecular weight excluding hydrogens is 398 g/mol. The number of hydrogen-bond acceptors (Lipinski definition) is 7. The quantitative estimate of drug-likeness (QED) is 0.460. The molecule has 0 bridgehead atoms. The molecule has 0 atom stereocenters. The van der Waals surface area contributed by atoms with Crippen LogP contribution in [0.5, 0.6) is 0 Å². The lowest BCUT2D eigenvalue weighted by molar-refractivity contribution is 0.290. The summed E-state index contributed by atoms with van der Waals surface area (Å²) in [5, 5.41) is 4.56. The molecule has 0 unspecified atom stereocenters. The number of benzene rings is 1. The third-order valence-corrected chi connectivity index (χ3v) is 7.67. The first-order valence-electron chi connectivity index (χ1n) is 10.1. The van der Waals surface area contributed by atoms with Crippen molar-refractivity contribution in [3.8, 4) is 0 Å². The SMILES string of the molecule is C1=C(c2cc3c(Nc4ccc5scnc5c4)ncnc3s2)CCN(CC2CC2)C1. The molecule has 0 saturated heterocycles. The normalized spacial score (nSPS) is 17.7. The molecule has 1 saturated carbocycles. The Balaban J connectivity index is 1.27. The van der Waals surface area contributed by atoms with E-state index >= 15 is 0 Å². The van der Waals surface area contributed by atoms with Gasteiger partial charge in [0.2, 0.25) is 0 Å². The molecule has 2 aliphatic rings. The molecule has 0 spiro atoms. The maximum absolute atomic E-state index is 4.52. The minimum Gasteiger partial charge on any atom is -0.340 e. The summed E-state index contributed by atoms with van der Waals surface area (Å²) in [6.07, 6.45) is 8.03. The standard InChI is InChI=1S/C22H21N5S2/c1-2-14(1)11-27-7-5-15(6-8-27)20-10-17-21(23-12-24-22(17)29-20)26-16-3-4-19-18(9-16)25-13-28-19/h3-5,9-10,12-14H,1-2,6-8,11H2,(H,23,24,26). The molecule has 146 valence electrons. The van der Waals surface area contributed by atoms with Gasteiger partial charge in [-0.25, -0.2) is 15.0 Å². The smallest absolute Gasteiger partial charge is 0.142 e. The fourth-order valence-electron chi connectivity index (χ4n) is 3.95. The number of nitrogens with zero attached hydrogens (tertiary/aromatic N) is 4.